The zero-order chi connectivity index (χ0) is 19.6. The topological polar surface area (TPSA) is 140 Å². The van der Waals surface area contributed by atoms with Crippen molar-refractivity contribution in [2.45, 2.75) is 19.9 Å². The Kier molecular flexibility index (Phi) is 5.30. The lowest BCUT2D eigenvalue weighted by Crippen LogP contribution is -2.27. The summed E-state index contributed by atoms with van der Waals surface area (Å²) in [5, 5.41) is 17.1. The van der Waals surface area contributed by atoms with Gasteiger partial charge < -0.3 is 21.4 Å². The molecular weight excluding hydrogens is 368 g/mol. The molecule has 10 heteroatoms. The zero-order valence-electron chi connectivity index (χ0n) is 14.7. The second-order valence-corrected chi connectivity index (χ2v) is 6.34. The van der Waals surface area contributed by atoms with Crippen LogP contribution in [0, 0.1) is 18.3 Å². The van der Waals surface area contributed by atoms with Gasteiger partial charge in [-0.15, -0.1) is 0 Å². The highest BCUT2D eigenvalue weighted by Crippen LogP contribution is 2.27. The van der Waals surface area contributed by atoms with Crippen LogP contribution < -0.4 is 22.3 Å². The fourth-order valence-corrected chi connectivity index (χ4v) is 2.96. The number of pyridine rings is 1. The molecule has 0 aliphatic rings. The van der Waals surface area contributed by atoms with Gasteiger partial charge in [0, 0.05) is 31.4 Å². The molecule has 0 fully saturated rings. The summed E-state index contributed by atoms with van der Waals surface area (Å²) < 4.78 is 2.93. The number of nitrogens with two attached hydrogens (primary N) is 2. The van der Waals surface area contributed by atoms with E-state index in [4.69, 9.17) is 23.1 Å². The molecule has 0 atom stereocenters. The summed E-state index contributed by atoms with van der Waals surface area (Å²) in [5.41, 5.74) is 13.2. The first kappa shape index (κ1) is 18.7. The van der Waals surface area contributed by atoms with Crippen LogP contribution in [0.2, 0.25) is 5.02 Å². The molecule has 0 saturated heterocycles. The SMILES string of the molecule is Cc1nn2c(N)c(C#N)c(NCCc3cccn(CCN)c3=O)nc2c1Cl. The van der Waals surface area contributed by atoms with Crippen molar-refractivity contribution in [1.29, 1.82) is 5.26 Å². The van der Waals surface area contributed by atoms with E-state index in [1.165, 1.54) is 4.52 Å². The van der Waals surface area contributed by atoms with Crippen molar-refractivity contribution in [2.75, 3.05) is 24.1 Å². The quantitative estimate of drug-likeness (QED) is 0.572. The van der Waals surface area contributed by atoms with Crippen molar-refractivity contribution in [3.05, 3.63) is 50.5 Å². The fourth-order valence-electron chi connectivity index (χ4n) is 2.80. The van der Waals surface area contributed by atoms with Gasteiger partial charge in [-0.25, -0.2) is 4.98 Å². The normalized spacial score (nSPS) is 10.9. The summed E-state index contributed by atoms with van der Waals surface area (Å²) in [4.78, 5) is 16.7. The second kappa shape index (κ2) is 7.65. The standard InChI is InChI=1S/C17H19ClN8O/c1-10-13(18)16-23-15(12(9-20)14(21)26(16)24-10)22-6-4-11-3-2-7-25(8-5-19)17(11)27/h2-3,7H,4-6,8,19,21H2,1H3,(H,22,23). The number of rotatable bonds is 6. The van der Waals surface area contributed by atoms with Gasteiger partial charge in [-0.1, -0.05) is 17.7 Å². The number of aryl methyl sites for hydroxylation is 1. The number of hydrogen-bond acceptors (Lipinski definition) is 7. The van der Waals surface area contributed by atoms with Gasteiger partial charge in [0.15, 0.2) is 5.65 Å². The van der Waals surface area contributed by atoms with Crippen LogP contribution in [0.5, 0.6) is 0 Å². The van der Waals surface area contributed by atoms with E-state index in [2.05, 4.69) is 15.4 Å². The minimum atomic E-state index is -0.0809. The van der Waals surface area contributed by atoms with Gasteiger partial charge in [-0.2, -0.15) is 14.9 Å². The highest BCUT2D eigenvalue weighted by molar-refractivity contribution is 6.34. The third-order valence-corrected chi connectivity index (χ3v) is 4.61. The first-order chi connectivity index (χ1) is 13.0. The van der Waals surface area contributed by atoms with Gasteiger partial charge in [-0.05, 0) is 19.4 Å². The molecule has 0 amide bonds. The number of nitrogens with one attached hydrogen (secondary N) is 1. The van der Waals surface area contributed by atoms with E-state index in [1.54, 1.807) is 23.8 Å². The van der Waals surface area contributed by atoms with Crippen molar-refractivity contribution in [3.8, 4) is 6.07 Å². The maximum atomic E-state index is 12.4. The first-order valence-corrected chi connectivity index (χ1v) is 8.72. The molecule has 0 saturated carbocycles. The minimum Gasteiger partial charge on any atom is -0.382 e. The number of nitriles is 1. The number of halogens is 1. The molecule has 0 unspecified atom stereocenters. The Labute approximate surface area is 160 Å². The molecule has 3 rings (SSSR count). The third-order valence-electron chi connectivity index (χ3n) is 4.17. The smallest absolute Gasteiger partial charge is 0.253 e. The Morgan fingerprint density at radius 1 is 1.44 bits per heavy atom. The van der Waals surface area contributed by atoms with E-state index in [9.17, 15) is 10.1 Å². The van der Waals surface area contributed by atoms with Gasteiger partial charge in [-0.3, -0.25) is 4.79 Å². The zero-order valence-corrected chi connectivity index (χ0v) is 15.5. The minimum absolute atomic E-state index is 0.0809. The molecule has 3 aromatic heterocycles. The molecule has 0 aliphatic carbocycles. The van der Waals surface area contributed by atoms with E-state index in [1.807, 2.05) is 12.1 Å². The lowest BCUT2D eigenvalue weighted by Gasteiger charge is -2.11. The molecule has 3 heterocycles. The predicted octanol–water partition coefficient (Wildman–Crippen LogP) is 0.920. The number of fused-ring (bicyclic) bond motifs is 1. The molecule has 0 bridgehead atoms. The van der Waals surface area contributed by atoms with E-state index in [0.717, 1.165) is 0 Å². The highest BCUT2D eigenvalue weighted by Gasteiger charge is 2.18. The van der Waals surface area contributed by atoms with E-state index < -0.39 is 0 Å². The van der Waals surface area contributed by atoms with Gasteiger partial charge in [0.1, 0.15) is 28.3 Å². The molecule has 0 radical (unpaired) electrons. The van der Waals surface area contributed by atoms with Crippen molar-refractivity contribution < 1.29 is 0 Å². The summed E-state index contributed by atoms with van der Waals surface area (Å²) in [6.45, 7) is 2.98. The Morgan fingerprint density at radius 3 is 2.93 bits per heavy atom. The van der Waals surface area contributed by atoms with Crippen LogP contribution in [-0.4, -0.2) is 32.3 Å². The molecule has 0 spiro atoms. The number of hydrogen-bond donors (Lipinski definition) is 3. The molecule has 9 nitrogen and oxygen atoms in total. The molecular formula is C17H19ClN8O. The Bertz CT molecular complexity index is 1090. The number of aromatic nitrogens is 4. The largest absolute Gasteiger partial charge is 0.382 e. The summed E-state index contributed by atoms with van der Waals surface area (Å²) in [6, 6.07) is 5.61. The second-order valence-electron chi connectivity index (χ2n) is 5.96. The van der Waals surface area contributed by atoms with E-state index in [-0.39, 0.29) is 16.9 Å². The average molecular weight is 387 g/mol. The summed E-state index contributed by atoms with van der Waals surface area (Å²) in [7, 11) is 0. The lowest BCUT2D eigenvalue weighted by atomic mass is 10.2. The van der Waals surface area contributed by atoms with Crippen LogP contribution in [0.4, 0.5) is 11.6 Å². The van der Waals surface area contributed by atoms with E-state index in [0.29, 0.717) is 53.8 Å². The van der Waals surface area contributed by atoms with Gasteiger partial charge in [0.05, 0.1) is 5.69 Å². The molecule has 0 aromatic carbocycles. The Balaban J connectivity index is 1.86. The summed E-state index contributed by atoms with van der Waals surface area (Å²) in [6.07, 6.45) is 2.16. The fraction of sp³-hybridized carbons (Fsp3) is 0.294. The molecule has 27 heavy (non-hydrogen) atoms. The van der Waals surface area contributed by atoms with Crippen LogP contribution in [0.3, 0.4) is 0 Å². The Hall–Kier alpha value is -3.09. The van der Waals surface area contributed by atoms with Crippen molar-refractivity contribution >= 4 is 28.9 Å². The molecule has 3 aromatic rings. The van der Waals surface area contributed by atoms with Crippen molar-refractivity contribution in [3.63, 3.8) is 0 Å². The summed E-state index contributed by atoms with van der Waals surface area (Å²) >= 11 is 6.21. The Morgan fingerprint density at radius 2 is 2.22 bits per heavy atom. The monoisotopic (exact) mass is 386 g/mol. The highest BCUT2D eigenvalue weighted by atomic mass is 35.5. The van der Waals surface area contributed by atoms with Crippen LogP contribution >= 0.6 is 11.6 Å². The van der Waals surface area contributed by atoms with Gasteiger partial charge >= 0.3 is 0 Å². The third kappa shape index (κ3) is 3.45. The van der Waals surface area contributed by atoms with Gasteiger partial charge in [0.25, 0.3) is 5.56 Å². The number of nitrogens with zero attached hydrogens (tertiary/aromatic N) is 5. The number of nitrogen functional groups attached to an aromatic ring is 1. The van der Waals surface area contributed by atoms with Crippen LogP contribution in [-0.2, 0) is 13.0 Å². The first-order valence-electron chi connectivity index (χ1n) is 8.34. The van der Waals surface area contributed by atoms with Crippen LogP contribution in [0.1, 0.15) is 16.8 Å². The van der Waals surface area contributed by atoms with Crippen molar-refractivity contribution in [2.24, 2.45) is 5.73 Å². The average Bonchev–Trinajstić information content (AvgIpc) is 2.94. The maximum absolute atomic E-state index is 12.4. The molecule has 5 N–H and O–H groups in total. The summed E-state index contributed by atoms with van der Waals surface area (Å²) in [5.74, 6) is 0.465. The van der Waals surface area contributed by atoms with Gasteiger partial charge in [0.2, 0.25) is 0 Å². The van der Waals surface area contributed by atoms with Crippen molar-refractivity contribution in [1.82, 2.24) is 19.2 Å². The lowest BCUT2D eigenvalue weighted by molar-refractivity contribution is 0.672. The number of anilines is 2. The molecule has 140 valence electrons. The van der Waals surface area contributed by atoms with E-state index >= 15 is 0 Å². The molecule has 0 aliphatic heterocycles. The van der Waals surface area contributed by atoms with Crippen LogP contribution in [0.25, 0.3) is 5.65 Å². The predicted molar refractivity (Wildman–Crippen MR) is 104 cm³/mol. The van der Waals surface area contributed by atoms with Crippen LogP contribution in [0.15, 0.2) is 23.1 Å². The maximum Gasteiger partial charge on any atom is 0.253 e.